The van der Waals surface area contributed by atoms with E-state index in [4.69, 9.17) is 9.26 Å². The minimum atomic E-state index is -0.0488. The number of hydrogen-bond donors (Lipinski definition) is 0. The summed E-state index contributed by atoms with van der Waals surface area (Å²) in [7, 11) is 0. The molecule has 1 aromatic heterocycles. The second-order valence-corrected chi connectivity index (χ2v) is 7.31. The summed E-state index contributed by atoms with van der Waals surface area (Å²) in [6.45, 7) is 3.58. The van der Waals surface area contributed by atoms with Gasteiger partial charge in [0.2, 0.25) is 0 Å². The average molecular weight is 354 g/mol. The molecule has 0 spiro atoms. The number of benzene rings is 1. The van der Waals surface area contributed by atoms with E-state index in [-0.39, 0.29) is 5.91 Å². The molecule has 0 N–H and O–H groups in total. The standard InChI is InChI=1S/C21H26N2O3/c1-2-15-6-8-16(9-7-15)20-14-19(22-26-20)21(24)23-12-10-18(11-13-23)25-17-4-3-5-17/h6-9,14,17-18H,2-5,10-13H2,1H3. The van der Waals surface area contributed by atoms with Crippen LogP contribution < -0.4 is 0 Å². The second-order valence-electron chi connectivity index (χ2n) is 7.31. The molecule has 138 valence electrons. The van der Waals surface area contributed by atoms with Crippen molar-refractivity contribution in [2.75, 3.05) is 13.1 Å². The third-order valence-corrected chi connectivity index (χ3v) is 5.54. The maximum atomic E-state index is 12.7. The number of carbonyl (C=O) groups excluding carboxylic acids is 1. The number of piperidine rings is 1. The molecular formula is C21H26N2O3. The lowest BCUT2D eigenvalue weighted by molar-refractivity contribution is -0.0706. The zero-order valence-corrected chi connectivity index (χ0v) is 15.3. The van der Waals surface area contributed by atoms with Gasteiger partial charge in [0.05, 0.1) is 12.2 Å². The summed E-state index contributed by atoms with van der Waals surface area (Å²) in [4.78, 5) is 14.6. The van der Waals surface area contributed by atoms with Crippen LogP contribution in [0.3, 0.4) is 0 Å². The maximum absolute atomic E-state index is 12.7. The Kier molecular flexibility index (Phi) is 5.07. The fraction of sp³-hybridized carbons (Fsp3) is 0.524. The van der Waals surface area contributed by atoms with E-state index in [0.29, 0.717) is 23.7 Å². The first kappa shape index (κ1) is 17.3. The number of amides is 1. The van der Waals surface area contributed by atoms with E-state index in [1.165, 1.54) is 24.8 Å². The summed E-state index contributed by atoms with van der Waals surface area (Å²) in [6.07, 6.45) is 7.25. The molecule has 1 saturated carbocycles. The highest BCUT2D eigenvalue weighted by molar-refractivity contribution is 5.93. The van der Waals surface area contributed by atoms with Gasteiger partial charge >= 0.3 is 0 Å². The summed E-state index contributed by atoms with van der Waals surface area (Å²) in [5, 5.41) is 4.00. The van der Waals surface area contributed by atoms with Gasteiger partial charge in [-0.1, -0.05) is 36.3 Å². The Bertz CT molecular complexity index is 741. The Morgan fingerprint density at radius 3 is 2.46 bits per heavy atom. The minimum Gasteiger partial charge on any atom is -0.375 e. The molecule has 1 aliphatic carbocycles. The van der Waals surface area contributed by atoms with Gasteiger partial charge < -0.3 is 14.2 Å². The number of carbonyl (C=O) groups is 1. The van der Waals surface area contributed by atoms with E-state index < -0.39 is 0 Å². The summed E-state index contributed by atoms with van der Waals surface area (Å²) < 4.78 is 11.5. The molecule has 0 atom stereocenters. The summed E-state index contributed by atoms with van der Waals surface area (Å²) in [5.41, 5.74) is 2.61. The number of ether oxygens (including phenoxy) is 1. The molecule has 2 aliphatic rings. The molecule has 1 amide bonds. The third kappa shape index (κ3) is 3.68. The molecule has 5 heteroatoms. The fourth-order valence-electron chi connectivity index (χ4n) is 3.55. The quantitative estimate of drug-likeness (QED) is 0.812. The van der Waals surface area contributed by atoms with Crippen molar-refractivity contribution in [3.8, 4) is 11.3 Å². The van der Waals surface area contributed by atoms with Gasteiger partial charge in [-0.2, -0.15) is 0 Å². The monoisotopic (exact) mass is 354 g/mol. The van der Waals surface area contributed by atoms with Crippen LogP contribution in [0, 0.1) is 0 Å². The van der Waals surface area contributed by atoms with Crippen molar-refractivity contribution >= 4 is 5.91 Å². The Morgan fingerprint density at radius 2 is 1.85 bits per heavy atom. The number of aryl methyl sites for hydroxylation is 1. The molecule has 1 aliphatic heterocycles. The lowest BCUT2D eigenvalue weighted by Crippen LogP contribution is -2.42. The van der Waals surface area contributed by atoms with Gasteiger partial charge in [-0.15, -0.1) is 0 Å². The van der Waals surface area contributed by atoms with Gasteiger partial charge in [-0.3, -0.25) is 4.79 Å². The van der Waals surface area contributed by atoms with E-state index in [1.54, 1.807) is 6.07 Å². The van der Waals surface area contributed by atoms with Crippen LogP contribution in [-0.2, 0) is 11.2 Å². The largest absolute Gasteiger partial charge is 0.375 e. The van der Waals surface area contributed by atoms with Gasteiger partial charge in [0.25, 0.3) is 5.91 Å². The predicted molar refractivity (Wildman–Crippen MR) is 99.0 cm³/mol. The van der Waals surface area contributed by atoms with Crippen LogP contribution in [0.5, 0.6) is 0 Å². The lowest BCUT2D eigenvalue weighted by atomic mass is 9.95. The van der Waals surface area contributed by atoms with Crippen LogP contribution in [-0.4, -0.2) is 41.3 Å². The van der Waals surface area contributed by atoms with Crippen LogP contribution in [0.25, 0.3) is 11.3 Å². The zero-order valence-electron chi connectivity index (χ0n) is 15.3. The van der Waals surface area contributed by atoms with E-state index in [0.717, 1.165) is 37.9 Å². The second kappa shape index (κ2) is 7.62. The number of likely N-dealkylation sites (tertiary alicyclic amines) is 1. The van der Waals surface area contributed by atoms with Crippen molar-refractivity contribution in [1.29, 1.82) is 0 Å². The highest BCUT2D eigenvalue weighted by atomic mass is 16.5. The van der Waals surface area contributed by atoms with E-state index >= 15 is 0 Å². The number of nitrogens with zero attached hydrogens (tertiary/aromatic N) is 2. The smallest absolute Gasteiger partial charge is 0.276 e. The molecule has 2 heterocycles. The Hall–Kier alpha value is -2.14. The summed E-state index contributed by atoms with van der Waals surface area (Å²) in [6, 6.07) is 9.92. The molecule has 2 aromatic rings. The Balaban J connectivity index is 1.35. The SMILES string of the molecule is CCc1ccc(-c2cc(C(=O)N3CCC(OC4CCC4)CC3)no2)cc1. The van der Waals surface area contributed by atoms with Crippen LogP contribution >= 0.6 is 0 Å². The molecular weight excluding hydrogens is 328 g/mol. The molecule has 0 radical (unpaired) electrons. The molecule has 2 fully saturated rings. The first-order valence-corrected chi connectivity index (χ1v) is 9.73. The first-order chi connectivity index (χ1) is 12.7. The Morgan fingerprint density at radius 1 is 1.15 bits per heavy atom. The molecule has 1 saturated heterocycles. The van der Waals surface area contributed by atoms with Crippen LogP contribution in [0.15, 0.2) is 34.9 Å². The fourth-order valence-corrected chi connectivity index (χ4v) is 3.55. The predicted octanol–water partition coefficient (Wildman–Crippen LogP) is 4.08. The highest BCUT2D eigenvalue weighted by Gasteiger charge is 2.29. The normalized spacial score (nSPS) is 18.7. The van der Waals surface area contributed by atoms with Crippen molar-refractivity contribution in [1.82, 2.24) is 10.1 Å². The van der Waals surface area contributed by atoms with E-state index in [1.807, 2.05) is 17.0 Å². The molecule has 0 bridgehead atoms. The van der Waals surface area contributed by atoms with Crippen molar-refractivity contribution < 1.29 is 14.1 Å². The van der Waals surface area contributed by atoms with Gasteiger partial charge in [0, 0.05) is 24.7 Å². The van der Waals surface area contributed by atoms with Gasteiger partial charge in [0.15, 0.2) is 11.5 Å². The number of rotatable bonds is 5. The molecule has 1 aromatic carbocycles. The summed E-state index contributed by atoms with van der Waals surface area (Å²) >= 11 is 0. The number of hydrogen-bond acceptors (Lipinski definition) is 4. The zero-order chi connectivity index (χ0) is 17.9. The maximum Gasteiger partial charge on any atom is 0.276 e. The minimum absolute atomic E-state index is 0.0488. The van der Waals surface area contributed by atoms with Crippen LogP contribution in [0.4, 0.5) is 0 Å². The van der Waals surface area contributed by atoms with Crippen molar-refractivity contribution in [2.45, 2.75) is 57.7 Å². The van der Waals surface area contributed by atoms with E-state index in [9.17, 15) is 4.79 Å². The van der Waals surface area contributed by atoms with Gasteiger partial charge in [-0.05, 0) is 44.1 Å². The van der Waals surface area contributed by atoms with Crippen molar-refractivity contribution in [3.63, 3.8) is 0 Å². The highest BCUT2D eigenvalue weighted by Crippen LogP contribution is 2.27. The molecule has 4 rings (SSSR count). The van der Waals surface area contributed by atoms with Crippen molar-refractivity contribution in [3.05, 3.63) is 41.6 Å². The first-order valence-electron chi connectivity index (χ1n) is 9.73. The van der Waals surface area contributed by atoms with Crippen molar-refractivity contribution in [2.24, 2.45) is 0 Å². The van der Waals surface area contributed by atoms with E-state index in [2.05, 4.69) is 24.2 Å². The lowest BCUT2D eigenvalue weighted by Gasteiger charge is -2.36. The van der Waals surface area contributed by atoms with Gasteiger partial charge in [-0.25, -0.2) is 0 Å². The topological polar surface area (TPSA) is 55.6 Å². The third-order valence-electron chi connectivity index (χ3n) is 5.54. The molecule has 0 unspecified atom stereocenters. The van der Waals surface area contributed by atoms with Crippen LogP contribution in [0.2, 0.25) is 0 Å². The average Bonchev–Trinajstić information content (AvgIpc) is 3.15. The number of aromatic nitrogens is 1. The van der Waals surface area contributed by atoms with Crippen LogP contribution in [0.1, 0.15) is 55.1 Å². The molecule has 5 nitrogen and oxygen atoms in total. The summed E-state index contributed by atoms with van der Waals surface area (Å²) in [5.74, 6) is 0.589. The molecule has 26 heavy (non-hydrogen) atoms. The Labute approximate surface area is 154 Å². The van der Waals surface area contributed by atoms with Gasteiger partial charge in [0.1, 0.15) is 0 Å².